The van der Waals surface area contributed by atoms with Gasteiger partial charge in [0.25, 0.3) is 5.92 Å². The largest absolute Gasteiger partial charge is 0.288 e. The predicted molar refractivity (Wildman–Crippen MR) is 37.6 cm³/mol. The van der Waals surface area contributed by atoms with E-state index in [0.29, 0.717) is 0 Å². The summed E-state index contributed by atoms with van der Waals surface area (Å²) in [6, 6.07) is 1.35. The quantitative estimate of drug-likeness (QED) is 0.638. The van der Waals surface area contributed by atoms with Crippen LogP contribution in [0.15, 0.2) is 12.3 Å². The summed E-state index contributed by atoms with van der Waals surface area (Å²) in [4.78, 5) is 0. The van der Waals surface area contributed by atoms with E-state index in [2.05, 4.69) is 5.10 Å². The highest BCUT2D eigenvalue weighted by molar-refractivity contribution is 6.15. The minimum atomic E-state index is -2.88. The topological polar surface area (TPSA) is 17.8 Å². The number of rotatable bonds is 2. The van der Waals surface area contributed by atoms with Gasteiger partial charge in [0.1, 0.15) is 11.7 Å². The second-order valence-electron chi connectivity index (χ2n) is 2.25. The van der Waals surface area contributed by atoms with E-state index in [1.807, 2.05) is 0 Å². The zero-order valence-corrected chi connectivity index (χ0v) is 6.65. The van der Waals surface area contributed by atoms with Gasteiger partial charge >= 0.3 is 0 Å². The van der Waals surface area contributed by atoms with Crippen LogP contribution in [0.1, 0.15) is 12.6 Å². The van der Waals surface area contributed by atoms with Gasteiger partial charge in [-0.05, 0) is 6.07 Å². The molecule has 1 aromatic rings. The SMILES string of the molecule is CC(F)(F)c1ccn(CCl)n1. The average Bonchev–Trinajstić information content (AvgIpc) is 2.32. The molecular weight excluding hydrogens is 174 g/mol. The second-order valence-corrected chi connectivity index (χ2v) is 2.49. The average molecular weight is 181 g/mol. The van der Waals surface area contributed by atoms with Crippen molar-refractivity contribution in [2.45, 2.75) is 18.9 Å². The summed E-state index contributed by atoms with van der Waals surface area (Å²) in [6.45, 7) is 0.800. The number of hydrogen-bond donors (Lipinski definition) is 0. The van der Waals surface area contributed by atoms with Crippen molar-refractivity contribution >= 4 is 11.6 Å². The van der Waals surface area contributed by atoms with Crippen molar-refractivity contribution in [3.63, 3.8) is 0 Å². The minimum Gasteiger partial charge on any atom is -0.257 e. The van der Waals surface area contributed by atoms with E-state index in [1.165, 1.54) is 16.9 Å². The first-order valence-corrected chi connectivity index (χ1v) is 3.55. The third kappa shape index (κ3) is 1.89. The summed E-state index contributed by atoms with van der Waals surface area (Å²) >= 11 is 5.35. The molecule has 0 fully saturated rings. The maximum atomic E-state index is 12.5. The molecule has 0 aromatic carbocycles. The zero-order chi connectivity index (χ0) is 8.48. The van der Waals surface area contributed by atoms with Crippen molar-refractivity contribution in [2.75, 3.05) is 0 Å². The van der Waals surface area contributed by atoms with Gasteiger partial charge in [0, 0.05) is 13.1 Å². The number of aromatic nitrogens is 2. The molecule has 2 nitrogen and oxygen atoms in total. The summed E-state index contributed by atoms with van der Waals surface area (Å²) < 4.78 is 26.2. The Hall–Kier alpha value is -0.640. The van der Waals surface area contributed by atoms with Crippen LogP contribution >= 0.6 is 11.6 Å². The molecule has 0 spiro atoms. The van der Waals surface area contributed by atoms with Crippen LogP contribution in [-0.4, -0.2) is 9.78 Å². The number of nitrogens with zero attached hydrogens (tertiary/aromatic N) is 2. The van der Waals surface area contributed by atoms with Gasteiger partial charge < -0.3 is 0 Å². The Bertz CT molecular complexity index is 241. The van der Waals surface area contributed by atoms with Crippen molar-refractivity contribution in [2.24, 2.45) is 0 Å². The molecule has 0 saturated carbocycles. The molecule has 0 aliphatic heterocycles. The summed E-state index contributed by atoms with van der Waals surface area (Å²) in [6.07, 6.45) is 1.42. The summed E-state index contributed by atoms with van der Waals surface area (Å²) in [7, 11) is 0. The van der Waals surface area contributed by atoms with Crippen LogP contribution in [0.2, 0.25) is 0 Å². The van der Waals surface area contributed by atoms with Gasteiger partial charge in [0.15, 0.2) is 0 Å². The Kier molecular flexibility index (Phi) is 2.13. The lowest BCUT2D eigenvalue weighted by molar-refractivity contribution is 0.0122. The Labute approximate surface area is 67.8 Å². The van der Waals surface area contributed by atoms with Gasteiger partial charge in [-0.25, -0.2) is 0 Å². The van der Waals surface area contributed by atoms with Crippen molar-refractivity contribution in [3.05, 3.63) is 18.0 Å². The highest BCUT2D eigenvalue weighted by Crippen LogP contribution is 2.24. The van der Waals surface area contributed by atoms with Crippen molar-refractivity contribution < 1.29 is 8.78 Å². The van der Waals surface area contributed by atoms with Gasteiger partial charge in [0.05, 0.1) is 0 Å². The number of hydrogen-bond acceptors (Lipinski definition) is 1. The van der Waals surface area contributed by atoms with E-state index in [9.17, 15) is 8.78 Å². The standard InChI is InChI=1S/C6H7ClF2N2/c1-6(8,9)5-2-3-11(4-7)10-5/h2-3H,4H2,1H3. The Morgan fingerprint density at radius 3 is 2.64 bits per heavy atom. The maximum Gasteiger partial charge on any atom is 0.288 e. The first-order valence-electron chi connectivity index (χ1n) is 3.02. The van der Waals surface area contributed by atoms with Gasteiger partial charge in [-0.15, -0.1) is 11.6 Å². The van der Waals surface area contributed by atoms with E-state index in [4.69, 9.17) is 11.6 Å². The Balaban J connectivity index is 2.89. The fraction of sp³-hybridized carbons (Fsp3) is 0.500. The summed E-state index contributed by atoms with van der Waals surface area (Å²) in [5.41, 5.74) is -0.252. The Morgan fingerprint density at radius 1 is 1.73 bits per heavy atom. The molecule has 0 unspecified atom stereocenters. The van der Waals surface area contributed by atoms with Crippen LogP contribution in [0.25, 0.3) is 0 Å². The number of halogens is 3. The van der Waals surface area contributed by atoms with Gasteiger partial charge in [-0.3, -0.25) is 4.68 Å². The number of alkyl halides is 3. The molecule has 0 saturated heterocycles. The van der Waals surface area contributed by atoms with Gasteiger partial charge in [0.2, 0.25) is 0 Å². The molecule has 0 N–H and O–H groups in total. The van der Waals surface area contributed by atoms with Crippen molar-refractivity contribution in [3.8, 4) is 0 Å². The lowest BCUT2D eigenvalue weighted by Crippen LogP contribution is -2.08. The van der Waals surface area contributed by atoms with Crippen LogP contribution < -0.4 is 0 Å². The highest BCUT2D eigenvalue weighted by Gasteiger charge is 2.26. The molecule has 62 valence electrons. The van der Waals surface area contributed by atoms with Crippen LogP contribution in [0.3, 0.4) is 0 Å². The molecule has 1 heterocycles. The molecular formula is C6H7ClF2N2. The van der Waals surface area contributed by atoms with E-state index in [-0.39, 0.29) is 11.7 Å². The molecule has 0 radical (unpaired) electrons. The lowest BCUT2D eigenvalue weighted by atomic mass is 10.3. The minimum absolute atomic E-state index is 0.0933. The first-order chi connectivity index (χ1) is 5.04. The van der Waals surface area contributed by atoms with Crippen molar-refractivity contribution in [1.29, 1.82) is 0 Å². The van der Waals surface area contributed by atoms with Crippen LogP contribution in [0, 0.1) is 0 Å². The normalized spacial score (nSPS) is 12.0. The van der Waals surface area contributed by atoms with E-state index < -0.39 is 5.92 Å². The van der Waals surface area contributed by atoms with Gasteiger partial charge in [-0.1, -0.05) is 0 Å². The van der Waals surface area contributed by atoms with E-state index >= 15 is 0 Å². The first kappa shape index (κ1) is 8.46. The molecule has 0 bridgehead atoms. The smallest absolute Gasteiger partial charge is 0.257 e. The molecule has 0 aliphatic carbocycles. The lowest BCUT2D eigenvalue weighted by Gasteiger charge is -2.04. The highest BCUT2D eigenvalue weighted by atomic mass is 35.5. The van der Waals surface area contributed by atoms with E-state index in [0.717, 1.165) is 6.92 Å². The Morgan fingerprint density at radius 2 is 2.36 bits per heavy atom. The molecule has 0 atom stereocenters. The molecule has 11 heavy (non-hydrogen) atoms. The third-order valence-electron chi connectivity index (χ3n) is 1.21. The molecule has 5 heteroatoms. The molecule has 1 rings (SSSR count). The fourth-order valence-corrected chi connectivity index (χ4v) is 0.796. The maximum absolute atomic E-state index is 12.5. The molecule has 0 aliphatic rings. The zero-order valence-electron chi connectivity index (χ0n) is 5.89. The summed E-state index contributed by atoms with van der Waals surface area (Å²) in [5, 5.41) is 3.53. The van der Waals surface area contributed by atoms with Crippen LogP contribution in [0.5, 0.6) is 0 Å². The fourth-order valence-electron chi connectivity index (χ4n) is 0.662. The van der Waals surface area contributed by atoms with Crippen LogP contribution in [-0.2, 0) is 11.9 Å². The van der Waals surface area contributed by atoms with Crippen LogP contribution in [0.4, 0.5) is 8.78 Å². The van der Waals surface area contributed by atoms with Gasteiger partial charge in [-0.2, -0.15) is 13.9 Å². The third-order valence-corrected chi connectivity index (χ3v) is 1.46. The summed E-state index contributed by atoms with van der Waals surface area (Å²) in [5.74, 6) is -2.88. The molecule has 0 amide bonds. The predicted octanol–water partition coefficient (Wildman–Crippen LogP) is 2.19. The van der Waals surface area contributed by atoms with Crippen molar-refractivity contribution in [1.82, 2.24) is 9.78 Å². The monoisotopic (exact) mass is 180 g/mol. The van der Waals surface area contributed by atoms with E-state index in [1.54, 1.807) is 0 Å². The second kappa shape index (κ2) is 2.77. The molecule has 1 aromatic heterocycles.